The second-order valence-electron chi connectivity index (χ2n) is 6.40. The molecule has 0 aliphatic rings. The fourth-order valence-corrected chi connectivity index (χ4v) is 3.89. The van der Waals surface area contributed by atoms with Gasteiger partial charge in [0.15, 0.2) is 0 Å². The summed E-state index contributed by atoms with van der Waals surface area (Å²) in [6.07, 6.45) is 2.63. The Bertz CT molecular complexity index is 1370. The molecule has 3 N–H and O–H groups in total. The van der Waals surface area contributed by atoms with E-state index in [1.54, 1.807) is 7.05 Å². The summed E-state index contributed by atoms with van der Waals surface area (Å²) in [6.45, 7) is 0. The largest absolute Gasteiger partial charge is 0.372 e. The topological polar surface area (TPSA) is 113 Å². The van der Waals surface area contributed by atoms with Crippen LogP contribution >= 0.6 is 0 Å². The van der Waals surface area contributed by atoms with E-state index in [0.29, 0.717) is 23.4 Å². The molecule has 4 rings (SSSR count). The number of hydrogen-bond acceptors (Lipinski definition) is 7. The van der Waals surface area contributed by atoms with E-state index in [4.69, 9.17) is 0 Å². The van der Waals surface area contributed by atoms with E-state index >= 15 is 0 Å². The standard InChI is InChI=1S/C20H16F2N6O2S/c1-23-18-12(8-9-31(29,30)17-7-6-13(21)10-14(17)22)11-24-19(27-18)28-20-25-15-4-2-3-5-16(15)26-20/h2-11H,1H3,(H3,23,24,25,26,27,28)/b9-8+. The minimum absolute atomic E-state index is 0.230. The van der Waals surface area contributed by atoms with Gasteiger partial charge in [0.25, 0.3) is 0 Å². The van der Waals surface area contributed by atoms with E-state index in [-0.39, 0.29) is 5.95 Å². The van der Waals surface area contributed by atoms with Gasteiger partial charge >= 0.3 is 0 Å². The molecule has 2 aromatic carbocycles. The van der Waals surface area contributed by atoms with Crippen LogP contribution in [-0.2, 0) is 9.84 Å². The predicted molar refractivity (Wildman–Crippen MR) is 114 cm³/mol. The summed E-state index contributed by atoms with van der Waals surface area (Å²) in [5.74, 6) is -1.02. The number of halogens is 2. The number of aromatic amines is 1. The Morgan fingerprint density at radius 1 is 1.10 bits per heavy atom. The number of H-pyrrole nitrogens is 1. The molecule has 4 aromatic rings. The van der Waals surface area contributed by atoms with Crippen LogP contribution in [0.3, 0.4) is 0 Å². The van der Waals surface area contributed by atoms with Crippen LogP contribution in [0.1, 0.15) is 5.56 Å². The molecule has 0 spiro atoms. The molecule has 0 unspecified atom stereocenters. The highest BCUT2D eigenvalue weighted by molar-refractivity contribution is 7.94. The predicted octanol–water partition coefficient (Wildman–Crippen LogP) is 3.86. The molecule has 0 aliphatic heterocycles. The van der Waals surface area contributed by atoms with Gasteiger partial charge in [-0.15, -0.1) is 0 Å². The zero-order valence-corrected chi connectivity index (χ0v) is 16.9. The third-order valence-corrected chi connectivity index (χ3v) is 5.74. The number of sulfone groups is 1. The molecule has 2 heterocycles. The van der Waals surface area contributed by atoms with E-state index < -0.39 is 26.4 Å². The fourth-order valence-electron chi connectivity index (χ4n) is 2.83. The van der Waals surface area contributed by atoms with E-state index in [0.717, 1.165) is 28.6 Å². The first-order valence-electron chi connectivity index (χ1n) is 9.00. The van der Waals surface area contributed by atoms with Crippen LogP contribution in [0.2, 0.25) is 0 Å². The first-order chi connectivity index (χ1) is 14.9. The normalized spacial score (nSPS) is 11.8. The number of para-hydroxylation sites is 2. The minimum atomic E-state index is -4.14. The maximum Gasteiger partial charge on any atom is 0.231 e. The summed E-state index contributed by atoms with van der Waals surface area (Å²) < 4.78 is 51.7. The Balaban J connectivity index is 1.59. The minimum Gasteiger partial charge on any atom is -0.372 e. The molecule has 0 aliphatic carbocycles. The van der Waals surface area contributed by atoms with Crippen LogP contribution in [0.15, 0.2) is 59.0 Å². The van der Waals surface area contributed by atoms with E-state index in [2.05, 4.69) is 30.6 Å². The summed E-state index contributed by atoms with van der Waals surface area (Å²) in [5, 5.41) is 6.62. The van der Waals surface area contributed by atoms with Crippen molar-refractivity contribution < 1.29 is 17.2 Å². The molecule has 0 amide bonds. The lowest BCUT2D eigenvalue weighted by Gasteiger charge is -2.07. The molecule has 0 fully saturated rings. The molecular weight excluding hydrogens is 426 g/mol. The molecule has 0 bridgehead atoms. The van der Waals surface area contributed by atoms with Gasteiger partial charge < -0.3 is 10.3 Å². The Hall–Kier alpha value is -3.86. The second kappa shape index (κ2) is 8.11. The zero-order valence-electron chi connectivity index (χ0n) is 16.1. The van der Waals surface area contributed by atoms with Crippen molar-refractivity contribution >= 4 is 44.7 Å². The Morgan fingerprint density at radius 3 is 2.65 bits per heavy atom. The van der Waals surface area contributed by atoms with Crippen LogP contribution in [0.4, 0.5) is 26.5 Å². The van der Waals surface area contributed by atoms with Crippen molar-refractivity contribution in [2.24, 2.45) is 0 Å². The maximum absolute atomic E-state index is 13.8. The number of nitrogens with zero attached hydrogens (tertiary/aromatic N) is 3. The third-order valence-electron chi connectivity index (χ3n) is 4.30. The van der Waals surface area contributed by atoms with Crippen LogP contribution in [0, 0.1) is 11.6 Å². The molecule has 0 saturated heterocycles. The van der Waals surface area contributed by atoms with Gasteiger partial charge in [0.1, 0.15) is 22.3 Å². The lowest BCUT2D eigenvalue weighted by Crippen LogP contribution is -2.04. The van der Waals surface area contributed by atoms with Gasteiger partial charge in [-0.1, -0.05) is 12.1 Å². The number of hydrogen-bond donors (Lipinski definition) is 3. The average molecular weight is 442 g/mol. The van der Waals surface area contributed by atoms with Gasteiger partial charge in [0.2, 0.25) is 21.7 Å². The lowest BCUT2D eigenvalue weighted by molar-refractivity contribution is 0.552. The van der Waals surface area contributed by atoms with Crippen molar-refractivity contribution in [2.75, 3.05) is 17.7 Å². The Morgan fingerprint density at radius 2 is 1.90 bits per heavy atom. The number of nitrogens with one attached hydrogen (secondary N) is 3. The van der Waals surface area contributed by atoms with Crippen molar-refractivity contribution in [1.29, 1.82) is 0 Å². The highest BCUT2D eigenvalue weighted by Crippen LogP contribution is 2.22. The van der Waals surface area contributed by atoms with E-state index in [1.807, 2.05) is 24.3 Å². The summed E-state index contributed by atoms with van der Waals surface area (Å²) in [7, 11) is -2.53. The molecule has 8 nitrogen and oxygen atoms in total. The second-order valence-corrected chi connectivity index (χ2v) is 8.20. The highest BCUT2D eigenvalue weighted by atomic mass is 32.2. The lowest BCUT2D eigenvalue weighted by atomic mass is 10.3. The molecule has 11 heteroatoms. The quantitative estimate of drug-likeness (QED) is 0.389. The number of benzene rings is 2. The van der Waals surface area contributed by atoms with Crippen LogP contribution in [0.25, 0.3) is 17.1 Å². The molecular formula is C20H16F2N6O2S. The van der Waals surface area contributed by atoms with Gasteiger partial charge in [-0.25, -0.2) is 27.2 Å². The van der Waals surface area contributed by atoms with Gasteiger partial charge in [0.05, 0.1) is 11.0 Å². The summed E-state index contributed by atoms with van der Waals surface area (Å²) >= 11 is 0. The SMILES string of the molecule is CNc1nc(Nc2nc3ccccc3[nH]2)ncc1/C=C/S(=O)(=O)c1ccc(F)cc1F. The van der Waals surface area contributed by atoms with Gasteiger partial charge in [-0.05, 0) is 30.3 Å². The number of aromatic nitrogens is 4. The molecule has 0 saturated carbocycles. The molecule has 0 radical (unpaired) electrons. The zero-order chi connectivity index (χ0) is 22.0. The van der Waals surface area contributed by atoms with Crippen LogP contribution in [-0.4, -0.2) is 35.4 Å². The number of imidazole rings is 1. The summed E-state index contributed by atoms with van der Waals surface area (Å²) in [6, 6.07) is 9.76. The number of fused-ring (bicyclic) bond motifs is 1. The van der Waals surface area contributed by atoms with E-state index in [9.17, 15) is 17.2 Å². The van der Waals surface area contributed by atoms with Crippen molar-refractivity contribution in [1.82, 2.24) is 19.9 Å². The highest BCUT2D eigenvalue weighted by Gasteiger charge is 2.17. The fraction of sp³-hybridized carbons (Fsp3) is 0.0500. The van der Waals surface area contributed by atoms with Crippen LogP contribution < -0.4 is 10.6 Å². The van der Waals surface area contributed by atoms with Crippen molar-refractivity contribution in [3.8, 4) is 0 Å². The maximum atomic E-state index is 13.8. The Kier molecular flexibility index (Phi) is 5.34. The first kappa shape index (κ1) is 20.4. The van der Waals surface area contributed by atoms with Crippen molar-refractivity contribution in [2.45, 2.75) is 4.90 Å². The third kappa shape index (κ3) is 4.36. The molecule has 31 heavy (non-hydrogen) atoms. The smallest absolute Gasteiger partial charge is 0.231 e. The first-order valence-corrected chi connectivity index (χ1v) is 10.5. The van der Waals surface area contributed by atoms with Crippen LogP contribution in [0.5, 0.6) is 0 Å². The van der Waals surface area contributed by atoms with Crippen molar-refractivity contribution in [3.63, 3.8) is 0 Å². The summed E-state index contributed by atoms with van der Waals surface area (Å²) in [4.78, 5) is 15.3. The average Bonchev–Trinajstić information content (AvgIpc) is 3.14. The number of anilines is 3. The van der Waals surface area contributed by atoms with E-state index in [1.165, 1.54) is 12.3 Å². The van der Waals surface area contributed by atoms with Crippen molar-refractivity contribution in [3.05, 3.63) is 71.3 Å². The van der Waals surface area contributed by atoms with Gasteiger partial charge in [0, 0.05) is 30.3 Å². The Labute approximate surface area is 176 Å². The molecule has 2 aromatic heterocycles. The van der Waals surface area contributed by atoms with Gasteiger partial charge in [-0.3, -0.25) is 5.32 Å². The molecule has 0 atom stereocenters. The molecule has 158 valence electrons. The summed E-state index contributed by atoms with van der Waals surface area (Å²) in [5.41, 5.74) is 1.97. The van der Waals surface area contributed by atoms with Gasteiger partial charge in [-0.2, -0.15) is 4.98 Å². The monoisotopic (exact) mass is 442 g/mol. The number of rotatable bonds is 6.